The second-order valence-electron chi connectivity index (χ2n) is 10.9. The fourth-order valence-electron chi connectivity index (χ4n) is 5.05. The minimum atomic E-state index is -4.26. The second kappa shape index (κ2) is 11.4. The van der Waals surface area contributed by atoms with Gasteiger partial charge in [0, 0.05) is 35.9 Å². The summed E-state index contributed by atoms with van der Waals surface area (Å²) in [6.45, 7) is 2.25. The number of hydrogen-bond acceptors (Lipinski definition) is 10. The Kier molecular flexibility index (Phi) is 7.89. The minimum Gasteiger partial charge on any atom is -0.455 e. The maximum Gasteiger partial charge on any atom is 0.293 e. The van der Waals surface area contributed by atoms with Gasteiger partial charge < -0.3 is 25.9 Å². The van der Waals surface area contributed by atoms with Crippen molar-refractivity contribution >= 4 is 43.7 Å². The number of pyridine rings is 1. The smallest absolute Gasteiger partial charge is 0.293 e. The predicted molar refractivity (Wildman–Crippen MR) is 158 cm³/mol. The summed E-state index contributed by atoms with van der Waals surface area (Å²) in [6, 6.07) is 11.3. The highest BCUT2D eigenvalue weighted by molar-refractivity contribution is 7.92. The number of nitro benzene ring substituents is 1. The van der Waals surface area contributed by atoms with Crippen molar-refractivity contribution in [2.75, 3.05) is 23.3 Å². The molecule has 0 aliphatic heterocycles. The minimum absolute atomic E-state index is 0.0128. The quantitative estimate of drug-likeness (QED) is 0.0855. The number of sulfone groups is 1. The third kappa shape index (κ3) is 6.52. The number of Topliss-reactive ketones (excluding diaryl/α,β-unsaturated/α-hetero) is 1. The van der Waals surface area contributed by atoms with Crippen molar-refractivity contribution in [2.45, 2.75) is 43.1 Å². The number of hydrogen-bond donors (Lipinski definition) is 4. The fourth-order valence-corrected chi connectivity index (χ4v) is 6.29. The van der Waals surface area contributed by atoms with E-state index in [0.29, 0.717) is 36.5 Å². The highest BCUT2D eigenvalue weighted by Gasteiger charge is 2.30. The van der Waals surface area contributed by atoms with E-state index < -0.39 is 37.6 Å². The van der Waals surface area contributed by atoms with Crippen LogP contribution < -0.4 is 15.8 Å². The Morgan fingerprint density at radius 2 is 1.98 bits per heavy atom. The van der Waals surface area contributed by atoms with Crippen molar-refractivity contribution < 1.29 is 28.0 Å². The van der Waals surface area contributed by atoms with E-state index in [1.807, 2.05) is 0 Å². The van der Waals surface area contributed by atoms with Crippen molar-refractivity contribution in [3.05, 3.63) is 76.6 Å². The Labute approximate surface area is 242 Å². The number of anilines is 2. The first-order valence-corrected chi connectivity index (χ1v) is 15.1. The Morgan fingerprint density at radius 3 is 2.71 bits per heavy atom. The average molecular weight is 594 g/mol. The van der Waals surface area contributed by atoms with E-state index >= 15 is 0 Å². The number of nitro groups is 1. The van der Waals surface area contributed by atoms with Gasteiger partial charge in [0.15, 0.2) is 15.6 Å². The van der Waals surface area contributed by atoms with Crippen LogP contribution in [0.15, 0.2) is 65.8 Å². The van der Waals surface area contributed by atoms with Gasteiger partial charge in [-0.15, -0.1) is 0 Å². The molecule has 0 radical (unpaired) electrons. The number of benzene rings is 2. The molecule has 12 nitrogen and oxygen atoms in total. The van der Waals surface area contributed by atoms with E-state index in [1.54, 1.807) is 25.3 Å². The van der Waals surface area contributed by atoms with Crippen LogP contribution >= 0.6 is 0 Å². The molecule has 0 saturated heterocycles. The molecule has 5 N–H and O–H groups in total. The van der Waals surface area contributed by atoms with Crippen LogP contribution in [0.4, 0.5) is 17.1 Å². The maximum atomic E-state index is 13.3. The third-order valence-corrected chi connectivity index (χ3v) is 9.13. The van der Waals surface area contributed by atoms with Crippen LogP contribution in [0, 0.1) is 16.0 Å². The second-order valence-corrected chi connectivity index (χ2v) is 12.9. The zero-order chi connectivity index (χ0) is 30.1. The number of nitrogens with zero attached hydrogens (tertiary/aromatic N) is 2. The van der Waals surface area contributed by atoms with Crippen LogP contribution in [0.1, 0.15) is 43.0 Å². The van der Waals surface area contributed by atoms with E-state index in [0.717, 1.165) is 24.3 Å². The molecule has 2 heterocycles. The summed E-state index contributed by atoms with van der Waals surface area (Å²) in [5, 5.41) is 25.8. The lowest BCUT2D eigenvalue weighted by atomic mass is 9.80. The van der Waals surface area contributed by atoms with Crippen LogP contribution in [0.3, 0.4) is 0 Å². The Hall–Kier alpha value is -4.49. The molecule has 2 aromatic heterocycles. The highest BCUT2D eigenvalue weighted by Crippen LogP contribution is 2.34. The summed E-state index contributed by atoms with van der Waals surface area (Å²) in [5.74, 6) is -1.10. The number of H-pyrrole nitrogens is 1. The molecule has 5 rings (SSSR count). The molecule has 4 aromatic rings. The van der Waals surface area contributed by atoms with Gasteiger partial charge in [0.05, 0.1) is 27.2 Å². The van der Waals surface area contributed by atoms with E-state index in [1.165, 1.54) is 36.5 Å². The molecule has 0 bridgehead atoms. The predicted octanol–water partition coefficient (Wildman–Crippen LogP) is 4.86. The summed E-state index contributed by atoms with van der Waals surface area (Å²) in [6.07, 6.45) is 6.02. The van der Waals surface area contributed by atoms with E-state index in [9.17, 15) is 28.4 Å². The van der Waals surface area contributed by atoms with Gasteiger partial charge >= 0.3 is 0 Å². The first-order valence-electron chi connectivity index (χ1n) is 13.4. The summed E-state index contributed by atoms with van der Waals surface area (Å²) in [5.41, 5.74) is 5.93. The maximum absolute atomic E-state index is 13.3. The summed E-state index contributed by atoms with van der Waals surface area (Å²) < 4.78 is 32.4. The van der Waals surface area contributed by atoms with Crippen LogP contribution in [0.2, 0.25) is 0 Å². The Morgan fingerprint density at radius 1 is 1.21 bits per heavy atom. The number of aromatic nitrogens is 2. The molecular weight excluding hydrogens is 562 g/mol. The van der Waals surface area contributed by atoms with Crippen molar-refractivity contribution in [3.8, 4) is 11.5 Å². The van der Waals surface area contributed by atoms with Crippen molar-refractivity contribution in [1.82, 2.24) is 9.97 Å². The van der Waals surface area contributed by atoms with Crippen LogP contribution in [-0.2, 0) is 9.84 Å². The van der Waals surface area contributed by atoms with Crippen molar-refractivity contribution in [1.29, 1.82) is 0 Å². The first-order chi connectivity index (χ1) is 19.9. The number of aromatic amines is 1. The van der Waals surface area contributed by atoms with Gasteiger partial charge in [-0.1, -0.05) is 0 Å². The van der Waals surface area contributed by atoms with Gasteiger partial charge in [0.1, 0.15) is 28.6 Å². The molecule has 0 atom stereocenters. The SMILES string of the molecule is CC1(O)CCC(CNc2ccc(S(=O)(=O)CC(=O)c3ccc(N)cc3Oc3cnc4[nH]ccc4c3)cc2[N+](=O)[O-])CC1. The largest absolute Gasteiger partial charge is 0.455 e. The molecule has 0 unspecified atom stereocenters. The van der Waals surface area contributed by atoms with Crippen LogP contribution in [0.25, 0.3) is 11.0 Å². The van der Waals surface area contributed by atoms with E-state index in [4.69, 9.17) is 10.5 Å². The number of carbonyl (C=O) groups is 1. The number of nitrogen functional groups attached to an aromatic ring is 1. The fraction of sp³-hybridized carbons (Fsp3) is 0.310. The third-order valence-electron chi connectivity index (χ3n) is 7.52. The number of ketones is 1. The van der Waals surface area contributed by atoms with Gasteiger partial charge in [-0.25, -0.2) is 13.4 Å². The van der Waals surface area contributed by atoms with Gasteiger partial charge in [0.2, 0.25) is 0 Å². The summed E-state index contributed by atoms with van der Waals surface area (Å²) >= 11 is 0. The zero-order valence-electron chi connectivity index (χ0n) is 22.9. The monoisotopic (exact) mass is 593 g/mol. The van der Waals surface area contributed by atoms with Gasteiger partial charge in [-0.2, -0.15) is 0 Å². The van der Waals surface area contributed by atoms with Gasteiger partial charge in [-0.3, -0.25) is 14.9 Å². The van der Waals surface area contributed by atoms with Crippen LogP contribution in [0.5, 0.6) is 11.5 Å². The molecule has 0 spiro atoms. The number of carbonyl (C=O) groups excluding carboxylic acids is 1. The molecule has 42 heavy (non-hydrogen) atoms. The Balaban J connectivity index is 1.33. The molecule has 1 fully saturated rings. The van der Waals surface area contributed by atoms with E-state index in [-0.39, 0.29) is 27.8 Å². The average Bonchev–Trinajstić information content (AvgIpc) is 3.40. The van der Waals surface area contributed by atoms with E-state index in [2.05, 4.69) is 15.3 Å². The van der Waals surface area contributed by atoms with Crippen LogP contribution in [-0.4, -0.2) is 52.1 Å². The number of aliphatic hydroxyl groups is 1. The molecular formula is C29H31N5O7S. The molecule has 1 saturated carbocycles. The normalized spacial score (nSPS) is 19.0. The van der Waals surface area contributed by atoms with Gasteiger partial charge in [0.25, 0.3) is 5.69 Å². The molecule has 13 heteroatoms. The molecule has 1 aliphatic carbocycles. The number of ether oxygens (including phenoxy) is 1. The molecule has 1 aliphatic rings. The number of fused-ring (bicyclic) bond motifs is 1. The van der Waals surface area contributed by atoms with Crippen molar-refractivity contribution in [2.24, 2.45) is 5.92 Å². The molecule has 0 amide bonds. The lowest BCUT2D eigenvalue weighted by molar-refractivity contribution is -0.384. The number of rotatable bonds is 10. The topological polar surface area (TPSA) is 191 Å². The highest BCUT2D eigenvalue weighted by atomic mass is 32.2. The first kappa shape index (κ1) is 29.0. The number of nitrogens with one attached hydrogen (secondary N) is 2. The lowest BCUT2D eigenvalue weighted by Gasteiger charge is -2.33. The molecule has 220 valence electrons. The van der Waals surface area contributed by atoms with Crippen molar-refractivity contribution in [3.63, 3.8) is 0 Å². The summed E-state index contributed by atoms with van der Waals surface area (Å²) in [7, 11) is -4.26. The summed E-state index contributed by atoms with van der Waals surface area (Å²) in [4.78, 5) is 31.3. The lowest BCUT2D eigenvalue weighted by Crippen LogP contribution is -2.32. The standard InChI is InChI=1S/C29H31N5O7S/c1-29(36)9-6-18(7-10-29)15-32-24-5-3-22(14-25(24)34(37)38)42(39,40)17-26(35)23-4-2-20(30)13-27(23)41-21-12-19-8-11-31-28(19)33-16-21/h2-5,8,11-14,16,18,32,36H,6-7,9-10,15,17,30H2,1H3,(H,31,33). The molecule has 2 aromatic carbocycles. The van der Waals surface area contributed by atoms with Gasteiger partial charge in [-0.05, 0) is 74.9 Å². The Bertz CT molecular complexity index is 1760. The number of nitrogens with two attached hydrogens (primary N) is 1. The zero-order valence-corrected chi connectivity index (χ0v) is 23.7.